The Kier molecular flexibility index (Phi) is 4.03. The second-order valence-corrected chi connectivity index (χ2v) is 4.74. The Hall–Kier alpha value is -2.36. The van der Waals surface area contributed by atoms with E-state index in [0.717, 1.165) is 23.4 Å². The van der Waals surface area contributed by atoms with Crippen molar-refractivity contribution in [2.24, 2.45) is 0 Å². The molecule has 0 saturated heterocycles. The Labute approximate surface area is 118 Å². The largest absolute Gasteiger partial charge is 0.478 e. The number of anilines is 2. The first-order valence-electron chi connectivity index (χ1n) is 6.59. The van der Waals surface area contributed by atoms with Crippen LogP contribution in [0.25, 0.3) is 0 Å². The molecule has 0 aliphatic heterocycles. The number of benzene rings is 1. The smallest absolute Gasteiger partial charge is 0.339 e. The summed E-state index contributed by atoms with van der Waals surface area (Å²) in [6.07, 6.45) is 0.871. The number of pyridine rings is 1. The number of aromatic carboxylic acids is 1. The molecular formula is C16H18N2O2. The van der Waals surface area contributed by atoms with E-state index in [1.807, 2.05) is 31.2 Å². The molecule has 0 aliphatic carbocycles. The minimum Gasteiger partial charge on any atom is -0.478 e. The Morgan fingerprint density at radius 2 is 2.00 bits per heavy atom. The Morgan fingerprint density at radius 3 is 2.65 bits per heavy atom. The summed E-state index contributed by atoms with van der Waals surface area (Å²) >= 11 is 0. The number of nitrogens with one attached hydrogen (secondary N) is 1. The van der Waals surface area contributed by atoms with Crippen molar-refractivity contribution in [2.75, 3.05) is 5.32 Å². The number of carboxylic acids is 1. The highest BCUT2D eigenvalue weighted by molar-refractivity contribution is 5.95. The topological polar surface area (TPSA) is 62.2 Å². The van der Waals surface area contributed by atoms with Crippen molar-refractivity contribution in [1.29, 1.82) is 0 Å². The predicted octanol–water partition coefficient (Wildman–Crippen LogP) is 3.70. The molecule has 0 unspecified atom stereocenters. The molecule has 0 radical (unpaired) electrons. The van der Waals surface area contributed by atoms with Gasteiger partial charge in [0.1, 0.15) is 11.4 Å². The molecule has 1 aromatic heterocycles. The van der Waals surface area contributed by atoms with Gasteiger partial charge >= 0.3 is 5.97 Å². The third-order valence-electron chi connectivity index (χ3n) is 3.21. The van der Waals surface area contributed by atoms with Crippen LogP contribution >= 0.6 is 0 Å². The van der Waals surface area contributed by atoms with E-state index in [0.29, 0.717) is 11.4 Å². The lowest BCUT2D eigenvalue weighted by Gasteiger charge is -2.14. The maximum atomic E-state index is 11.4. The standard InChI is InChI=1S/C16H18N2O2/c1-4-12-7-5-6-8-13(12)18-15-14(16(19)20)10(2)9-11(3)17-15/h5-9H,4H2,1-3H3,(H,17,18)(H,19,20). The fourth-order valence-electron chi connectivity index (χ4n) is 2.28. The van der Waals surface area contributed by atoms with Gasteiger partial charge in [-0.15, -0.1) is 0 Å². The molecule has 4 heteroatoms. The molecule has 2 rings (SSSR count). The normalized spacial score (nSPS) is 10.3. The van der Waals surface area contributed by atoms with E-state index >= 15 is 0 Å². The van der Waals surface area contributed by atoms with Gasteiger partial charge in [-0.2, -0.15) is 0 Å². The molecule has 2 N–H and O–H groups in total. The SMILES string of the molecule is CCc1ccccc1Nc1nc(C)cc(C)c1C(=O)O. The van der Waals surface area contributed by atoms with E-state index < -0.39 is 5.97 Å². The summed E-state index contributed by atoms with van der Waals surface area (Å²) in [5.74, 6) is -0.567. The van der Waals surface area contributed by atoms with Crippen molar-refractivity contribution >= 4 is 17.5 Å². The van der Waals surface area contributed by atoms with Gasteiger partial charge in [-0.1, -0.05) is 25.1 Å². The molecule has 0 aliphatic rings. The Bertz CT molecular complexity index is 651. The molecule has 0 spiro atoms. The first-order valence-corrected chi connectivity index (χ1v) is 6.59. The summed E-state index contributed by atoms with van der Waals surface area (Å²) in [5, 5.41) is 12.5. The lowest BCUT2D eigenvalue weighted by molar-refractivity contribution is 0.0697. The molecule has 104 valence electrons. The summed E-state index contributed by atoms with van der Waals surface area (Å²) in [7, 11) is 0. The molecule has 0 amide bonds. The van der Waals surface area contributed by atoms with Gasteiger partial charge in [0.05, 0.1) is 0 Å². The number of aryl methyl sites for hydroxylation is 3. The second kappa shape index (κ2) is 5.74. The summed E-state index contributed by atoms with van der Waals surface area (Å²) in [5.41, 5.74) is 3.76. The Balaban J connectivity index is 2.50. The van der Waals surface area contributed by atoms with Crippen LogP contribution in [-0.4, -0.2) is 16.1 Å². The maximum absolute atomic E-state index is 11.4. The maximum Gasteiger partial charge on any atom is 0.339 e. The van der Waals surface area contributed by atoms with E-state index in [1.54, 1.807) is 13.0 Å². The van der Waals surface area contributed by atoms with Crippen LogP contribution < -0.4 is 5.32 Å². The van der Waals surface area contributed by atoms with Crippen molar-refractivity contribution in [2.45, 2.75) is 27.2 Å². The first kappa shape index (κ1) is 14.1. The summed E-state index contributed by atoms with van der Waals surface area (Å²) in [4.78, 5) is 15.8. The highest BCUT2D eigenvalue weighted by Crippen LogP contribution is 2.25. The van der Waals surface area contributed by atoms with Gasteiger partial charge in [0.15, 0.2) is 0 Å². The molecule has 4 nitrogen and oxygen atoms in total. The molecular weight excluding hydrogens is 252 g/mol. The zero-order chi connectivity index (χ0) is 14.7. The van der Waals surface area contributed by atoms with Crippen LogP contribution in [-0.2, 0) is 6.42 Å². The average molecular weight is 270 g/mol. The number of hydrogen-bond acceptors (Lipinski definition) is 3. The van der Waals surface area contributed by atoms with Crippen molar-refractivity contribution in [1.82, 2.24) is 4.98 Å². The predicted molar refractivity (Wildman–Crippen MR) is 79.8 cm³/mol. The highest BCUT2D eigenvalue weighted by atomic mass is 16.4. The monoisotopic (exact) mass is 270 g/mol. The molecule has 2 aromatic rings. The minimum absolute atomic E-state index is 0.224. The first-order chi connectivity index (χ1) is 9.52. The quantitative estimate of drug-likeness (QED) is 0.889. The molecule has 20 heavy (non-hydrogen) atoms. The van der Waals surface area contributed by atoms with E-state index in [1.165, 1.54) is 0 Å². The highest BCUT2D eigenvalue weighted by Gasteiger charge is 2.16. The average Bonchev–Trinajstić information content (AvgIpc) is 2.38. The zero-order valence-corrected chi connectivity index (χ0v) is 11.9. The number of carboxylic acid groups (broad SMARTS) is 1. The number of aromatic nitrogens is 1. The fourth-order valence-corrected chi connectivity index (χ4v) is 2.28. The lowest BCUT2D eigenvalue weighted by atomic mass is 10.1. The van der Waals surface area contributed by atoms with Crippen molar-refractivity contribution < 1.29 is 9.90 Å². The zero-order valence-electron chi connectivity index (χ0n) is 11.9. The second-order valence-electron chi connectivity index (χ2n) is 4.74. The summed E-state index contributed by atoms with van der Waals surface area (Å²) in [6.45, 7) is 5.71. The van der Waals surface area contributed by atoms with Gasteiger partial charge in [-0.05, 0) is 43.5 Å². The van der Waals surface area contributed by atoms with Gasteiger partial charge in [0.2, 0.25) is 0 Å². The van der Waals surface area contributed by atoms with Gasteiger partial charge in [0.25, 0.3) is 0 Å². The lowest BCUT2D eigenvalue weighted by Crippen LogP contribution is -2.09. The van der Waals surface area contributed by atoms with Crippen molar-refractivity contribution in [3.63, 3.8) is 0 Å². The van der Waals surface area contributed by atoms with E-state index in [2.05, 4.69) is 17.2 Å². The van der Waals surface area contributed by atoms with Crippen LogP contribution in [0.1, 0.15) is 34.1 Å². The summed E-state index contributed by atoms with van der Waals surface area (Å²) in [6, 6.07) is 9.62. The van der Waals surface area contributed by atoms with Crippen molar-refractivity contribution in [3.8, 4) is 0 Å². The van der Waals surface area contributed by atoms with Gasteiger partial charge in [0, 0.05) is 11.4 Å². The number of hydrogen-bond donors (Lipinski definition) is 2. The van der Waals surface area contributed by atoms with Gasteiger partial charge in [-0.25, -0.2) is 9.78 Å². The number of carbonyl (C=O) groups is 1. The van der Waals surface area contributed by atoms with Gasteiger partial charge < -0.3 is 10.4 Å². The van der Waals surface area contributed by atoms with Crippen LogP contribution in [0.5, 0.6) is 0 Å². The number of rotatable bonds is 4. The number of nitrogens with zero attached hydrogens (tertiary/aromatic N) is 1. The van der Waals surface area contributed by atoms with Crippen LogP contribution in [0.2, 0.25) is 0 Å². The van der Waals surface area contributed by atoms with E-state index in [4.69, 9.17) is 0 Å². The molecule has 0 fully saturated rings. The van der Waals surface area contributed by atoms with Crippen LogP contribution in [0, 0.1) is 13.8 Å². The summed E-state index contributed by atoms with van der Waals surface area (Å²) < 4.78 is 0. The van der Waals surface area contributed by atoms with Gasteiger partial charge in [-0.3, -0.25) is 0 Å². The fraction of sp³-hybridized carbons (Fsp3) is 0.250. The molecule has 1 heterocycles. The molecule has 0 bridgehead atoms. The van der Waals surface area contributed by atoms with E-state index in [-0.39, 0.29) is 5.56 Å². The number of para-hydroxylation sites is 1. The molecule has 0 atom stereocenters. The van der Waals surface area contributed by atoms with Crippen molar-refractivity contribution in [3.05, 3.63) is 52.7 Å². The molecule has 1 aromatic carbocycles. The minimum atomic E-state index is -0.966. The Morgan fingerprint density at radius 1 is 1.30 bits per heavy atom. The van der Waals surface area contributed by atoms with Crippen LogP contribution in [0.4, 0.5) is 11.5 Å². The van der Waals surface area contributed by atoms with Crippen LogP contribution in [0.3, 0.4) is 0 Å². The molecule has 0 saturated carbocycles. The van der Waals surface area contributed by atoms with E-state index in [9.17, 15) is 9.90 Å². The third kappa shape index (κ3) is 2.79. The third-order valence-corrected chi connectivity index (χ3v) is 3.21. The van der Waals surface area contributed by atoms with Crippen LogP contribution in [0.15, 0.2) is 30.3 Å².